The van der Waals surface area contributed by atoms with E-state index in [1.807, 2.05) is 54.6 Å². The Hall–Kier alpha value is -3.76. The number of hydrogen-bond acceptors (Lipinski definition) is 6. The van der Waals surface area contributed by atoms with E-state index in [0.29, 0.717) is 24.9 Å². The topological polar surface area (TPSA) is 90.0 Å². The molecular weight excluding hydrogens is 380 g/mol. The fraction of sp³-hybridized carbons (Fsp3) is 0.217. The van der Waals surface area contributed by atoms with Gasteiger partial charge in [0.25, 0.3) is 5.56 Å². The summed E-state index contributed by atoms with van der Waals surface area (Å²) < 4.78 is 13.1. The Morgan fingerprint density at radius 2 is 2.00 bits per heavy atom. The third kappa shape index (κ3) is 3.27. The highest BCUT2D eigenvalue weighted by molar-refractivity contribution is 5.83. The maximum atomic E-state index is 12.9. The van der Waals surface area contributed by atoms with Crippen LogP contribution < -0.4 is 10.3 Å². The number of para-hydroxylation sites is 2. The molecule has 1 unspecified atom stereocenters. The van der Waals surface area contributed by atoms with Crippen LogP contribution in [0.25, 0.3) is 21.8 Å². The number of ether oxygens (including phenoxy) is 2. The molecule has 0 bridgehead atoms. The number of nitriles is 1. The first-order valence-electron chi connectivity index (χ1n) is 9.75. The summed E-state index contributed by atoms with van der Waals surface area (Å²) >= 11 is 0. The van der Waals surface area contributed by atoms with E-state index in [2.05, 4.69) is 9.97 Å². The standard InChI is InChI=1S/C23H18N4O3/c24-12-16-11-15-5-1-4-8-20(15)27(23(16)28)13-21-25-19-7-3-2-6-18(19)22(26-21)30-17-9-10-29-14-17/h1-8,11,17H,9-10,13-14H2. The lowest BCUT2D eigenvalue weighted by Crippen LogP contribution is -2.24. The van der Waals surface area contributed by atoms with Gasteiger partial charge in [0.1, 0.15) is 17.7 Å². The van der Waals surface area contributed by atoms with Gasteiger partial charge in [-0.15, -0.1) is 0 Å². The van der Waals surface area contributed by atoms with Gasteiger partial charge in [-0.1, -0.05) is 30.3 Å². The maximum absolute atomic E-state index is 12.9. The first-order valence-corrected chi connectivity index (χ1v) is 9.75. The lowest BCUT2D eigenvalue weighted by atomic mass is 10.1. The van der Waals surface area contributed by atoms with Crippen molar-refractivity contribution in [3.63, 3.8) is 0 Å². The van der Waals surface area contributed by atoms with Gasteiger partial charge in [0, 0.05) is 6.42 Å². The van der Waals surface area contributed by atoms with Crippen LogP contribution in [0.15, 0.2) is 59.4 Å². The molecule has 2 aromatic heterocycles. The van der Waals surface area contributed by atoms with Gasteiger partial charge in [0.05, 0.1) is 36.2 Å². The van der Waals surface area contributed by atoms with Gasteiger partial charge in [-0.3, -0.25) is 9.36 Å². The lowest BCUT2D eigenvalue weighted by Gasteiger charge is -2.15. The molecule has 0 spiro atoms. The summed E-state index contributed by atoms with van der Waals surface area (Å²) in [6.45, 7) is 1.34. The first-order chi connectivity index (χ1) is 14.7. The second kappa shape index (κ2) is 7.58. The second-order valence-electron chi connectivity index (χ2n) is 7.19. The molecule has 1 saturated heterocycles. The van der Waals surface area contributed by atoms with Crippen molar-refractivity contribution in [2.75, 3.05) is 13.2 Å². The van der Waals surface area contributed by atoms with E-state index >= 15 is 0 Å². The molecule has 148 valence electrons. The molecule has 1 aliphatic rings. The summed E-state index contributed by atoms with van der Waals surface area (Å²) in [5.74, 6) is 0.935. The molecule has 3 heterocycles. The van der Waals surface area contributed by atoms with Gasteiger partial charge in [-0.2, -0.15) is 10.2 Å². The van der Waals surface area contributed by atoms with Crippen LogP contribution in [0.1, 0.15) is 17.8 Å². The van der Waals surface area contributed by atoms with E-state index in [0.717, 1.165) is 28.2 Å². The van der Waals surface area contributed by atoms with Gasteiger partial charge in [0.15, 0.2) is 5.82 Å². The van der Waals surface area contributed by atoms with Crippen LogP contribution in [-0.2, 0) is 11.3 Å². The zero-order valence-corrected chi connectivity index (χ0v) is 16.1. The van der Waals surface area contributed by atoms with Crippen molar-refractivity contribution in [3.8, 4) is 11.9 Å². The molecule has 2 aromatic carbocycles. The van der Waals surface area contributed by atoms with Crippen molar-refractivity contribution in [1.82, 2.24) is 14.5 Å². The van der Waals surface area contributed by atoms with E-state index in [4.69, 9.17) is 9.47 Å². The molecule has 0 aliphatic carbocycles. The Morgan fingerprint density at radius 3 is 2.83 bits per heavy atom. The van der Waals surface area contributed by atoms with Crippen LogP contribution in [0.4, 0.5) is 0 Å². The van der Waals surface area contributed by atoms with Crippen LogP contribution in [0.5, 0.6) is 5.88 Å². The minimum absolute atomic E-state index is 0.0541. The summed E-state index contributed by atoms with van der Waals surface area (Å²) in [4.78, 5) is 22.2. The number of hydrogen-bond donors (Lipinski definition) is 0. The summed E-state index contributed by atoms with van der Waals surface area (Å²) in [5, 5.41) is 11.0. The van der Waals surface area contributed by atoms with Crippen LogP contribution in [-0.4, -0.2) is 33.9 Å². The number of rotatable bonds is 4. The number of pyridine rings is 1. The van der Waals surface area contributed by atoms with E-state index in [1.54, 1.807) is 10.6 Å². The van der Waals surface area contributed by atoms with Crippen molar-refractivity contribution in [3.05, 3.63) is 76.3 Å². The molecule has 1 aliphatic heterocycles. The molecule has 0 amide bonds. The average molecular weight is 398 g/mol. The molecule has 0 radical (unpaired) electrons. The van der Waals surface area contributed by atoms with E-state index in [1.165, 1.54) is 0 Å². The van der Waals surface area contributed by atoms with E-state index in [-0.39, 0.29) is 23.8 Å². The first kappa shape index (κ1) is 18.3. The lowest BCUT2D eigenvalue weighted by molar-refractivity contribution is 0.139. The SMILES string of the molecule is N#Cc1cc2ccccc2n(Cc2nc(OC3CCOC3)c3ccccc3n2)c1=O. The molecule has 7 heteroatoms. The molecular formula is C23H18N4O3. The monoisotopic (exact) mass is 398 g/mol. The van der Waals surface area contributed by atoms with Gasteiger partial charge >= 0.3 is 0 Å². The van der Waals surface area contributed by atoms with Crippen LogP contribution in [0, 0.1) is 11.3 Å². The summed E-state index contributed by atoms with van der Waals surface area (Å²) in [6.07, 6.45) is 0.753. The highest BCUT2D eigenvalue weighted by atomic mass is 16.5. The van der Waals surface area contributed by atoms with Gasteiger partial charge in [-0.05, 0) is 29.7 Å². The van der Waals surface area contributed by atoms with Crippen LogP contribution in [0.2, 0.25) is 0 Å². The Labute approximate surface area is 172 Å². The smallest absolute Gasteiger partial charge is 0.269 e. The van der Waals surface area contributed by atoms with Gasteiger partial charge in [0.2, 0.25) is 5.88 Å². The summed E-state index contributed by atoms with van der Waals surface area (Å²) in [6, 6.07) is 18.7. The largest absolute Gasteiger partial charge is 0.471 e. The minimum Gasteiger partial charge on any atom is -0.471 e. The van der Waals surface area contributed by atoms with Crippen molar-refractivity contribution in [1.29, 1.82) is 5.26 Å². The zero-order chi connectivity index (χ0) is 20.5. The molecule has 0 N–H and O–H groups in total. The minimum atomic E-state index is -0.361. The predicted molar refractivity (Wildman–Crippen MR) is 111 cm³/mol. The average Bonchev–Trinajstić information content (AvgIpc) is 3.28. The van der Waals surface area contributed by atoms with Crippen molar-refractivity contribution >= 4 is 21.8 Å². The maximum Gasteiger partial charge on any atom is 0.269 e. The number of fused-ring (bicyclic) bond motifs is 2. The third-order valence-electron chi connectivity index (χ3n) is 5.20. The molecule has 4 aromatic rings. The Balaban J connectivity index is 1.63. The Morgan fingerprint density at radius 1 is 1.17 bits per heavy atom. The predicted octanol–water partition coefficient (Wildman–Crippen LogP) is 3.03. The molecule has 1 atom stereocenters. The second-order valence-corrected chi connectivity index (χ2v) is 7.19. The van der Waals surface area contributed by atoms with Gasteiger partial charge in [-0.25, -0.2) is 4.98 Å². The summed E-state index contributed by atoms with van der Waals surface area (Å²) in [7, 11) is 0. The molecule has 30 heavy (non-hydrogen) atoms. The number of nitrogens with zero attached hydrogens (tertiary/aromatic N) is 4. The normalized spacial score (nSPS) is 16.0. The van der Waals surface area contributed by atoms with Crippen molar-refractivity contribution in [2.24, 2.45) is 0 Å². The molecule has 0 saturated carbocycles. The fourth-order valence-electron chi connectivity index (χ4n) is 3.72. The quantitative estimate of drug-likeness (QED) is 0.525. The van der Waals surface area contributed by atoms with Crippen LogP contribution in [0.3, 0.4) is 0 Å². The van der Waals surface area contributed by atoms with Gasteiger partial charge < -0.3 is 9.47 Å². The Bertz CT molecular complexity index is 1350. The van der Waals surface area contributed by atoms with Crippen molar-refractivity contribution in [2.45, 2.75) is 19.1 Å². The number of benzene rings is 2. The highest BCUT2D eigenvalue weighted by Crippen LogP contribution is 2.25. The Kier molecular flexibility index (Phi) is 4.62. The van der Waals surface area contributed by atoms with E-state index in [9.17, 15) is 10.1 Å². The molecule has 5 rings (SSSR count). The van der Waals surface area contributed by atoms with Crippen LogP contribution >= 0.6 is 0 Å². The zero-order valence-electron chi connectivity index (χ0n) is 16.1. The molecule has 1 fully saturated rings. The third-order valence-corrected chi connectivity index (χ3v) is 5.20. The highest BCUT2D eigenvalue weighted by Gasteiger charge is 2.20. The number of aromatic nitrogens is 3. The molecule has 7 nitrogen and oxygen atoms in total. The van der Waals surface area contributed by atoms with E-state index < -0.39 is 0 Å². The van der Waals surface area contributed by atoms with Crippen molar-refractivity contribution < 1.29 is 9.47 Å². The summed E-state index contributed by atoms with van der Waals surface area (Å²) in [5.41, 5.74) is 1.20. The fourth-order valence-corrected chi connectivity index (χ4v) is 3.72.